The van der Waals surface area contributed by atoms with Gasteiger partial charge in [0.15, 0.2) is 0 Å². The SMILES string of the molecule is Oc1cc(O)cc(CC(c2ccc(O)cc2O)c2c(O)cc(C=Cc3ccc(O)cc3O)cc2O)c1. The summed E-state index contributed by atoms with van der Waals surface area (Å²) in [4.78, 5) is 0. The van der Waals surface area contributed by atoms with Gasteiger partial charge < -0.3 is 40.9 Å². The van der Waals surface area contributed by atoms with E-state index in [-0.39, 0.29) is 58.0 Å². The van der Waals surface area contributed by atoms with Crippen molar-refractivity contribution >= 4 is 12.2 Å². The van der Waals surface area contributed by atoms with Gasteiger partial charge in [-0.05, 0) is 60.0 Å². The van der Waals surface area contributed by atoms with Crippen LogP contribution in [0.1, 0.15) is 33.7 Å². The first kappa shape index (κ1) is 24.2. The van der Waals surface area contributed by atoms with Crippen LogP contribution in [0.2, 0.25) is 0 Å². The molecule has 8 heteroatoms. The Morgan fingerprint density at radius 1 is 0.528 bits per heavy atom. The number of hydrogen-bond donors (Lipinski definition) is 8. The second-order valence-electron chi connectivity index (χ2n) is 8.41. The van der Waals surface area contributed by atoms with Crippen LogP contribution in [0.15, 0.2) is 66.7 Å². The van der Waals surface area contributed by atoms with E-state index in [1.54, 1.807) is 12.2 Å². The van der Waals surface area contributed by atoms with Crippen molar-refractivity contribution < 1.29 is 40.9 Å². The molecule has 0 fully saturated rings. The lowest BCUT2D eigenvalue weighted by Gasteiger charge is -2.22. The summed E-state index contributed by atoms with van der Waals surface area (Å²) in [6.07, 6.45) is 3.16. The van der Waals surface area contributed by atoms with E-state index in [1.165, 1.54) is 60.7 Å². The Bertz CT molecular complexity index is 1420. The van der Waals surface area contributed by atoms with Gasteiger partial charge in [-0.1, -0.05) is 18.2 Å². The van der Waals surface area contributed by atoms with Crippen LogP contribution in [-0.2, 0) is 6.42 Å². The third-order valence-corrected chi connectivity index (χ3v) is 5.77. The maximum Gasteiger partial charge on any atom is 0.126 e. The second kappa shape index (κ2) is 9.71. The van der Waals surface area contributed by atoms with Crippen LogP contribution in [-0.4, -0.2) is 40.9 Å². The van der Waals surface area contributed by atoms with Gasteiger partial charge in [-0.15, -0.1) is 0 Å². The molecule has 36 heavy (non-hydrogen) atoms. The second-order valence-corrected chi connectivity index (χ2v) is 8.41. The molecule has 0 saturated heterocycles. The normalized spacial score (nSPS) is 12.1. The molecule has 0 aliphatic heterocycles. The molecule has 8 nitrogen and oxygen atoms in total. The summed E-state index contributed by atoms with van der Waals surface area (Å²) in [5.41, 5.74) is 1.66. The maximum absolute atomic E-state index is 10.9. The van der Waals surface area contributed by atoms with Crippen LogP contribution in [0.25, 0.3) is 12.2 Å². The molecule has 0 radical (unpaired) electrons. The molecule has 0 spiro atoms. The molecular weight excluding hydrogens is 464 g/mol. The number of hydrogen-bond acceptors (Lipinski definition) is 8. The Labute approximate surface area is 206 Å². The quantitative estimate of drug-likeness (QED) is 0.178. The number of aromatic hydroxyl groups is 8. The van der Waals surface area contributed by atoms with E-state index < -0.39 is 5.92 Å². The van der Waals surface area contributed by atoms with Crippen molar-refractivity contribution in [3.05, 3.63) is 94.5 Å². The highest BCUT2D eigenvalue weighted by Gasteiger charge is 2.26. The van der Waals surface area contributed by atoms with E-state index in [2.05, 4.69) is 0 Å². The summed E-state index contributed by atoms with van der Waals surface area (Å²) in [7, 11) is 0. The summed E-state index contributed by atoms with van der Waals surface area (Å²) >= 11 is 0. The molecule has 0 amide bonds. The Morgan fingerprint density at radius 3 is 1.69 bits per heavy atom. The van der Waals surface area contributed by atoms with Crippen LogP contribution in [0.4, 0.5) is 0 Å². The summed E-state index contributed by atoms with van der Waals surface area (Å²) in [5.74, 6) is -2.42. The van der Waals surface area contributed by atoms with Gasteiger partial charge in [-0.3, -0.25) is 0 Å². The van der Waals surface area contributed by atoms with Gasteiger partial charge in [0.2, 0.25) is 0 Å². The van der Waals surface area contributed by atoms with E-state index >= 15 is 0 Å². The van der Waals surface area contributed by atoms with Crippen LogP contribution >= 0.6 is 0 Å². The third-order valence-electron chi connectivity index (χ3n) is 5.77. The van der Waals surface area contributed by atoms with E-state index in [0.29, 0.717) is 22.3 Å². The molecule has 1 atom stereocenters. The van der Waals surface area contributed by atoms with Crippen molar-refractivity contribution in [3.63, 3.8) is 0 Å². The maximum atomic E-state index is 10.9. The largest absolute Gasteiger partial charge is 0.508 e. The Kier molecular flexibility index (Phi) is 6.52. The molecule has 1 unspecified atom stereocenters. The van der Waals surface area contributed by atoms with Crippen molar-refractivity contribution in [1.29, 1.82) is 0 Å². The predicted molar refractivity (Wildman–Crippen MR) is 134 cm³/mol. The fourth-order valence-corrected chi connectivity index (χ4v) is 4.16. The third kappa shape index (κ3) is 5.23. The van der Waals surface area contributed by atoms with Crippen LogP contribution in [0, 0.1) is 0 Å². The molecular formula is C28H24O8. The van der Waals surface area contributed by atoms with Gasteiger partial charge in [0.25, 0.3) is 0 Å². The zero-order chi connectivity index (χ0) is 26.0. The Balaban J connectivity index is 1.77. The first-order chi connectivity index (χ1) is 17.1. The van der Waals surface area contributed by atoms with Gasteiger partial charge in [0.05, 0.1) is 0 Å². The average molecular weight is 488 g/mol. The smallest absolute Gasteiger partial charge is 0.126 e. The van der Waals surface area contributed by atoms with Crippen LogP contribution < -0.4 is 0 Å². The summed E-state index contributed by atoms with van der Waals surface area (Å²) < 4.78 is 0. The lowest BCUT2D eigenvalue weighted by Crippen LogP contribution is -2.07. The number of rotatable bonds is 6. The van der Waals surface area contributed by atoms with Crippen LogP contribution in [0.3, 0.4) is 0 Å². The van der Waals surface area contributed by atoms with Gasteiger partial charge in [-0.25, -0.2) is 0 Å². The minimum Gasteiger partial charge on any atom is -0.508 e. The van der Waals surface area contributed by atoms with Gasteiger partial charge in [0, 0.05) is 40.8 Å². The lowest BCUT2D eigenvalue weighted by atomic mass is 9.83. The molecule has 8 N–H and O–H groups in total. The van der Waals surface area contributed by atoms with Crippen molar-refractivity contribution in [3.8, 4) is 46.0 Å². The molecule has 0 aliphatic carbocycles. The minimum absolute atomic E-state index is 0.0674. The Hall–Kier alpha value is -4.98. The molecule has 0 aliphatic rings. The summed E-state index contributed by atoms with van der Waals surface area (Å²) in [6.45, 7) is 0. The molecule has 0 heterocycles. The lowest BCUT2D eigenvalue weighted by molar-refractivity contribution is 0.425. The highest BCUT2D eigenvalue weighted by atomic mass is 16.3. The molecule has 0 bridgehead atoms. The number of phenolic OH excluding ortho intramolecular Hbond substituents is 8. The molecule has 4 aromatic rings. The predicted octanol–water partition coefficient (Wildman–Crippen LogP) is 4.88. The zero-order valence-corrected chi connectivity index (χ0v) is 18.9. The first-order valence-corrected chi connectivity index (χ1v) is 10.9. The molecule has 0 aromatic heterocycles. The van der Waals surface area contributed by atoms with Crippen molar-refractivity contribution in [2.75, 3.05) is 0 Å². The summed E-state index contributed by atoms with van der Waals surface area (Å²) in [6, 6.07) is 14.8. The highest BCUT2D eigenvalue weighted by Crippen LogP contribution is 2.44. The molecule has 184 valence electrons. The van der Waals surface area contributed by atoms with Crippen molar-refractivity contribution in [2.45, 2.75) is 12.3 Å². The minimum atomic E-state index is -0.828. The average Bonchev–Trinajstić information content (AvgIpc) is 2.77. The van der Waals surface area contributed by atoms with E-state index in [0.717, 1.165) is 6.07 Å². The first-order valence-electron chi connectivity index (χ1n) is 10.9. The molecule has 4 aromatic carbocycles. The standard InChI is InChI=1S/C28H24O8/c29-18-4-3-17(24(33)13-18)2-1-15-10-26(35)28(27(36)11-15)23(22-6-5-19(30)14-25(22)34)9-16-7-20(31)12-21(32)8-16/h1-8,10-14,23,29-36H,9H2. The van der Waals surface area contributed by atoms with Crippen molar-refractivity contribution in [2.24, 2.45) is 0 Å². The fraction of sp³-hybridized carbons (Fsp3) is 0.0714. The van der Waals surface area contributed by atoms with Gasteiger partial charge in [-0.2, -0.15) is 0 Å². The summed E-state index contributed by atoms with van der Waals surface area (Å²) in [5, 5.41) is 81.3. The highest BCUT2D eigenvalue weighted by molar-refractivity contribution is 5.74. The van der Waals surface area contributed by atoms with E-state index in [1.807, 2.05) is 0 Å². The zero-order valence-electron chi connectivity index (χ0n) is 18.9. The van der Waals surface area contributed by atoms with Crippen LogP contribution in [0.5, 0.6) is 46.0 Å². The number of phenols is 8. The topological polar surface area (TPSA) is 162 Å². The molecule has 0 saturated carbocycles. The van der Waals surface area contributed by atoms with Gasteiger partial charge >= 0.3 is 0 Å². The van der Waals surface area contributed by atoms with E-state index in [4.69, 9.17) is 0 Å². The van der Waals surface area contributed by atoms with E-state index in [9.17, 15) is 40.9 Å². The number of benzene rings is 4. The van der Waals surface area contributed by atoms with Gasteiger partial charge in [0.1, 0.15) is 46.0 Å². The monoisotopic (exact) mass is 488 g/mol. The Morgan fingerprint density at radius 2 is 1.11 bits per heavy atom. The van der Waals surface area contributed by atoms with Crippen molar-refractivity contribution in [1.82, 2.24) is 0 Å². The fourth-order valence-electron chi connectivity index (χ4n) is 4.16. The molecule has 4 rings (SSSR count).